The van der Waals surface area contributed by atoms with Crippen molar-refractivity contribution < 1.29 is 0 Å². The molecule has 110 valence electrons. The highest BCUT2D eigenvalue weighted by Crippen LogP contribution is 2.11. The maximum atomic E-state index is 5.47. The van der Waals surface area contributed by atoms with Gasteiger partial charge in [0.1, 0.15) is 8.64 Å². The van der Waals surface area contributed by atoms with E-state index in [1.54, 1.807) is 0 Å². The van der Waals surface area contributed by atoms with E-state index < -0.39 is 0 Å². The summed E-state index contributed by atoms with van der Waals surface area (Å²) in [5, 5.41) is 0. The van der Waals surface area contributed by atoms with E-state index in [0.717, 1.165) is 69.8 Å². The van der Waals surface area contributed by atoms with Crippen LogP contribution >= 0.6 is 48.0 Å². The Morgan fingerprint density at radius 1 is 0.778 bits per heavy atom. The van der Waals surface area contributed by atoms with Crippen molar-refractivity contribution >= 4 is 56.6 Å². The van der Waals surface area contributed by atoms with E-state index in [0.29, 0.717) is 0 Å². The van der Waals surface area contributed by atoms with Gasteiger partial charge < -0.3 is 9.80 Å². The molecule has 0 amide bonds. The van der Waals surface area contributed by atoms with E-state index >= 15 is 0 Å². The molecule has 0 heterocycles. The lowest BCUT2D eigenvalue weighted by Crippen LogP contribution is -2.38. The van der Waals surface area contributed by atoms with E-state index in [9.17, 15) is 0 Å². The zero-order valence-corrected chi connectivity index (χ0v) is 15.6. The Morgan fingerprint density at radius 2 is 1.11 bits per heavy atom. The summed E-state index contributed by atoms with van der Waals surface area (Å²) in [4.78, 5) is 4.63. The van der Waals surface area contributed by atoms with Crippen LogP contribution in [0.1, 0.15) is 27.7 Å². The van der Waals surface area contributed by atoms with Crippen LogP contribution in [0, 0.1) is 0 Å². The van der Waals surface area contributed by atoms with Crippen molar-refractivity contribution in [1.29, 1.82) is 0 Å². The van der Waals surface area contributed by atoms with Gasteiger partial charge in [0.2, 0.25) is 0 Å². The summed E-state index contributed by atoms with van der Waals surface area (Å²) >= 11 is 12.5. The highest BCUT2D eigenvalue weighted by Gasteiger charge is 2.10. The van der Waals surface area contributed by atoms with Crippen LogP contribution < -0.4 is 0 Å². The first-order valence-electron chi connectivity index (χ1n) is 6.66. The second-order valence-corrected chi connectivity index (χ2v) is 8.40. The fraction of sp³-hybridized carbons (Fsp3) is 0.833. The number of nitrogens with zero attached hydrogens (tertiary/aromatic N) is 2. The van der Waals surface area contributed by atoms with E-state index in [1.807, 2.05) is 0 Å². The van der Waals surface area contributed by atoms with E-state index in [2.05, 4.69) is 37.5 Å². The third kappa shape index (κ3) is 7.16. The molecule has 6 heteroatoms. The third-order valence-corrected chi connectivity index (χ3v) is 5.96. The highest BCUT2D eigenvalue weighted by molar-refractivity contribution is 8.23. The van der Waals surface area contributed by atoms with Crippen LogP contribution in [0.25, 0.3) is 0 Å². The lowest BCUT2D eigenvalue weighted by molar-refractivity contribution is 0.369. The largest absolute Gasteiger partial charge is 0.358 e. The molecular formula is C12H28N2S4. The molecule has 18 heavy (non-hydrogen) atoms. The van der Waals surface area contributed by atoms with E-state index in [-0.39, 0.29) is 0 Å². The van der Waals surface area contributed by atoms with Gasteiger partial charge >= 0.3 is 0 Å². The molecule has 0 aliphatic rings. The Balaban J connectivity index is 4.23. The summed E-state index contributed by atoms with van der Waals surface area (Å²) in [5.74, 6) is 2.31. The summed E-state index contributed by atoms with van der Waals surface area (Å²) in [6, 6.07) is 0. The third-order valence-electron chi connectivity index (χ3n) is 2.63. The first-order chi connectivity index (χ1) is 8.60. The molecule has 0 atom stereocenters. The Morgan fingerprint density at radius 3 is 1.33 bits per heavy atom. The van der Waals surface area contributed by atoms with Gasteiger partial charge in [-0.15, -0.1) is 0 Å². The Labute approximate surface area is 131 Å². The van der Waals surface area contributed by atoms with Crippen LogP contribution in [-0.2, 0) is 0 Å². The van der Waals surface area contributed by atoms with Gasteiger partial charge in [-0.1, -0.05) is 38.3 Å². The molecule has 0 fully saturated rings. The molecule has 0 aromatic rings. The fourth-order valence-electron chi connectivity index (χ4n) is 1.57. The summed E-state index contributed by atoms with van der Waals surface area (Å²) in [6.45, 7) is 12.7. The Kier molecular flexibility index (Phi) is 11.6. The van der Waals surface area contributed by atoms with Crippen molar-refractivity contribution in [1.82, 2.24) is 9.80 Å². The molecule has 0 N–H and O–H groups in total. The van der Waals surface area contributed by atoms with Crippen molar-refractivity contribution in [3.63, 3.8) is 0 Å². The molecule has 0 saturated carbocycles. The van der Waals surface area contributed by atoms with Crippen molar-refractivity contribution in [2.75, 3.05) is 37.7 Å². The average molecular weight is 329 g/mol. The standard InChI is InChI=1S/C12H28N2S4/c1-5-13(11(15)17-7-3)9-10-14(6-2)12(16)18-8-4/h5-10,17-18H2,1-4H3. The molecule has 0 aliphatic heterocycles. The summed E-state index contributed by atoms with van der Waals surface area (Å²) in [7, 11) is 0. The van der Waals surface area contributed by atoms with Gasteiger partial charge in [0.25, 0.3) is 0 Å². The predicted octanol–water partition coefficient (Wildman–Crippen LogP) is 2.64. The van der Waals surface area contributed by atoms with Gasteiger partial charge in [0, 0.05) is 26.2 Å². The van der Waals surface area contributed by atoms with Crippen LogP contribution in [0.15, 0.2) is 0 Å². The van der Waals surface area contributed by atoms with Crippen LogP contribution in [0.4, 0.5) is 0 Å². The van der Waals surface area contributed by atoms with E-state index in [4.69, 9.17) is 24.4 Å². The molecule has 0 spiro atoms. The van der Waals surface area contributed by atoms with E-state index in [1.165, 1.54) is 0 Å². The second kappa shape index (κ2) is 11.3. The summed E-state index contributed by atoms with van der Waals surface area (Å²) in [5.41, 5.74) is 0. The molecule has 0 unspecified atom stereocenters. The molecule has 0 bridgehead atoms. The van der Waals surface area contributed by atoms with Gasteiger partial charge in [0.05, 0.1) is 0 Å². The number of likely N-dealkylation sites (N-methyl/N-ethyl adjacent to an activating group) is 2. The van der Waals surface area contributed by atoms with Gasteiger partial charge in [-0.2, -0.15) is 0 Å². The minimum absolute atomic E-state index is 0.782. The normalized spacial score (nSPS) is 12.4. The summed E-state index contributed by atoms with van der Waals surface area (Å²) < 4.78 is 2.25. The smallest absolute Gasteiger partial charge is 0.113 e. The lowest BCUT2D eigenvalue weighted by Gasteiger charge is -2.29. The minimum atomic E-state index is 0.782. The van der Waals surface area contributed by atoms with Crippen LogP contribution in [0.2, 0.25) is 0 Å². The van der Waals surface area contributed by atoms with Gasteiger partial charge in [0.15, 0.2) is 0 Å². The van der Waals surface area contributed by atoms with Crippen molar-refractivity contribution in [3.8, 4) is 0 Å². The molecular weight excluding hydrogens is 300 g/mol. The molecule has 0 aliphatic carbocycles. The molecule has 0 saturated heterocycles. The number of hydrogen-bond acceptors (Lipinski definition) is 2. The summed E-state index contributed by atoms with van der Waals surface area (Å²) in [6.07, 6.45) is 0. The zero-order chi connectivity index (χ0) is 14.0. The molecule has 0 rings (SSSR count). The highest BCUT2D eigenvalue weighted by atomic mass is 32.2. The Hall–Kier alpha value is 0.480. The van der Waals surface area contributed by atoms with Gasteiger partial charge in [-0.25, -0.2) is 23.5 Å². The first kappa shape index (κ1) is 18.5. The molecule has 0 aromatic carbocycles. The maximum absolute atomic E-state index is 5.47. The van der Waals surface area contributed by atoms with Crippen LogP contribution in [-0.4, -0.2) is 56.1 Å². The number of hydrogen-bond donors (Lipinski definition) is 0. The number of thiocarbonyl (C=S) groups is 2. The molecule has 0 radical (unpaired) electrons. The van der Waals surface area contributed by atoms with Crippen molar-refractivity contribution in [2.45, 2.75) is 27.7 Å². The monoisotopic (exact) mass is 328 g/mol. The Bertz CT molecular complexity index is 232. The predicted molar refractivity (Wildman–Crippen MR) is 102 cm³/mol. The van der Waals surface area contributed by atoms with Crippen molar-refractivity contribution in [2.24, 2.45) is 0 Å². The first-order valence-corrected chi connectivity index (χ1v) is 9.89. The maximum Gasteiger partial charge on any atom is 0.113 e. The molecule has 2 nitrogen and oxygen atoms in total. The number of rotatable bonds is 7. The quantitative estimate of drug-likeness (QED) is 0.663. The SMILES string of the molecule is CC[SH2]C(=S)N(CC)CCN(CC)C(=S)[SH2]CC. The second-order valence-electron chi connectivity index (χ2n) is 3.83. The zero-order valence-electron chi connectivity index (χ0n) is 12.0. The van der Waals surface area contributed by atoms with Gasteiger partial charge in [-0.05, 0) is 25.4 Å². The van der Waals surface area contributed by atoms with Crippen LogP contribution in [0.3, 0.4) is 0 Å². The van der Waals surface area contributed by atoms with Crippen molar-refractivity contribution in [3.05, 3.63) is 0 Å². The topological polar surface area (TPSA) is 6.48 Å². The fourth-order valence-corrected chi connectivity index (χ4v) is 4.47. The minimum Gasteiger partial charge on any atom is -0.358 e. The lowest BCUT2D eigenvalue weighted by atomic mass is 10.5. The molecule has 0 aromatic heterocycles. The van der Waals surface area contributed by atoms with Gasteiger partial charge in [-0.3, -0.25) is 0 Å². The average Bonchev–Trinajstić information content (AvgIpc) is 2.35. The van der Waals surface area contributed by atoms with Crippen LogP contribution in [0.5, 0.6) is 0 Å².